The highest BCUT2D eigenvalue weighted by atomic mass is 16.1. The molecule has 0 aromatic heterocycles. The molecule has 5 nitrogen and oxygen atoms in total. The maximum absolute atomic E-state index is 11.4. The zero-order valence-corrected chi connectivity index (χ0v) is 14.8. The average molecular weight is 348 g/mol. The summed E-state index contributed by atoms with van der Waals surface area (Å²) in [7, 11) is 0. The van der Waals surface area contributed by atoms with E-state index in [1.807, 2.05) is 24.3 Å². The zero-order valence-electron chi connectivity index (χ0n) is 14.8. The molecule has 26 heavy (non-hydrogen) atoms. The van der Waals surface area contributed by atoms with Crippen molar-refractivity contribution < 1.29 is 4.79 Å². The van der Waals surface area contributed by atoms with Gasteiger partial charge in [-0.1, -0.05) is 24.3 Å². The van der Waals surface area contributed by atoms with Crippen molar-refractivity contribution in [3.63, 3.8) is 0 Å². The predicted octanol–water partition coefficient (Wildman–Crippen LogP) is 2.55. The molecule has 1 aliphatic heterocycles. The molecular formula is C21H24N4O. The van der Waals surface area contributed by atoms with Gasteiger partial charge in [0.2, 0.25) is 5.91 Å². The number of hydrogen-bond donors (Lipinski definition) is 2. The Kier molecular flexibility index (Phi) is 5.88. The van der Waals surface area contributed by atoms with Gasteiger partial charge in [0.15, 0.2) is 0 Å². The van der Waals surface area contributed by atoms with Crippen molar-refractivity contribution in [2.24, 2.45) is 11.7 Å². The van der Waals surface area contributed by atoms with Crippen molar-refractivity contribution in [3.8, 4) is 6.07 Å². The van der Waals surface area contributed by atoms with Crippen LogP contribution in [-0.2, 0) is 17.9 Å². The van der Waals surface area contributed by atoms with Crippen molar-refractivity contribution in [3.05, 3.63) is 65.2 Å². The maximum atomic E-state index is 11.4. The van der Waals surface area contributed by atoms with Crippen LogP contribution in [0.25, 0.3) is 0 Å². The first-order valence-corrected chi connectivity index (χ1v) is 8.98. The van der Waals surface area contributed by atoms with Gasteiger partial charge in [-0.15, -0.1) is 0 Å². The van der Waals surface area contributed by atoms with Crippen molar-refractivity contribution in [1.29, 1.82) is 5.26 Å². The number of carbonyl (C=O) groups excluding carboxylic acids is 1. The van der Waals surface area contributed by atoms with Gasteiger partial charge in [0, 0.05) is 31.9 Å². The summed E-state index contributed by atoms with van der Waals surface area (Å²) in [5.74, 6) is -0.240. The molecule has 0 aliphatic carbocycles. The van der Waals surface area contributed by atoms with E-state index in [0.29, 0.717) is 12.1 Å². The van der Waals surface area contributed by atoms with Gasteiger partial charge < -0.3 is 16.0 Å². The number of hydrogen-bond acceptors (Lipinski definition) is 4. The van der Waals surface area contributed by atoms with Crippen LogP contribution in [-0.4, -0.2) is 19.0 Å². The minimum atomic E-state index is -0.196. The maximum Gasteiger partial charge on any atom is 0.222 e. The minimum Gasteiger partial charge on any atom is -0.371 e. The second-order valence-corrected chi connectivity index (χ2v) is 6.77. The second-order valence-electron chi connectivity index (χ2n) is 6.77. The van der Waals surface area contributed by atoms with E-state index in [-0.39, 0.29) is 11.8 Å². The van der Waals surface area contributed by atoms with E-state index in [2.05, 4.69) is 40.6 Å². The molecule has 3 rings (SSSR count). The van der Waals surface area contributed by atoms with Crippen LogP contribution in [0.3, 0.4) is 0 Å². The molecule has 3 N–H and O–H groups in total. The highest BCUT2D eigenvalue weighted by Crippen LogP contribution is 2.23. The van der Waals surface area contributed by atoms with Gasteiger partial charge in [0.1, 0.15) is 0 Å². The van der Waals surface area contributed by atoms with Crippen LogP contribution in [0, 0.1) is 17.2 Å². The largest absolute Gasteiger partial charge is 0.371 e. The van der Waals surface area contributed by atoms with E-state index in [0.717, 1.165) is 43.7 Å². The summed E-state index contributed by atoms with van der Waals surface area (Å²) in [5.41, 5.74) is 9.66. The Morgan fingerprint density at radius 2 is 1.73 bits per heavy atom. The van der Waals surface area contributed by atoms with Gasteiger partial charge in [-0.25, -0.2) is 0 Å². The second kappa shape index (κ2) is 8.50. The van der Waals surface area contributed by atoms with Crippen LogP contribution < -0.4 is 16.0 Å². The number of nitrogens with two attached hydrogens (primary N) is 1. The van der Waals surface area contributed by atoms with E-state index in [1.54, 1.807) is 0 Å². The lowest BCUT2D eigenvalue weighted by Gasteiger charge is -2.33. The molecular weight excluding hydrogens is 324 g/mol. The molecule has 0 saturated carbocycles. The van der Waals surface area contributed by atoms with Crippen LogP contribution in [0.2, 0.25) is 0 Å². The van der Waals surface area contributed by atoms with Gasteiger partial charge in [-0.05, 0) is 48.2 Å². The first kappa shape index (κ1) is 18.0. The summed E-state index contributed by atoms with van der Waals surface area (Å²) in [6.07, 6.45) is 1.89. The van der Waals surface area contributed by atoms with Gasteiger partial charge in [0.05, 0.1) is 17.6 Å². The topological polar surface area (TPSA) is 82.2 Å². The van der Waals surface area contributed by atoms with Crippen LogP contribution >= 0.6 is 0 Å². The van der Waals surface area contributed by atoms with Crippen LogP contribution in [0.15, 0.2) is 48.5 Å². The monoisotopic (exact) mass is 348 g/mol. The van der Waals surface area contributed by atoms with Gasteiger partial charge in [-0.3, -0.25) is 4.79 Å². The normalized spacial score (nSPS) is 16.9. The van der Waals surface area contributed by atoms with Gasteiger partial charge >= 0.3 is 0 Å². The summed E-state index contributed by atoms with van der Waals surface area (Å²) in [6.45, 7) is 3.23. The molecule has 2 aromatic carbocycles. The van der Waals surface area contributed by atoms with Crippen molar-refractivity contribution in [1.82, 2.24) is 5.32 Å². The fourth-order valence-electron chi connectivity index (χ4n) is 3.32. The number of amides is 1. The third-order valence-electron chi connectivity index (χ3n) is 4.87. The lowest BCUT2D eigenvalue weighted by Crippen LogP contribution is -2.41. The molecule has 134 valence electrons. The molecule has 2 aromatic rings. The third-order valence-corrected chi connectivity index (χ3v) is 4.87. The lowest BCUT2D eigenvalue weighted by molar-refractivity contribution is -0.122. The summed E-state index contributed by atoms with van der Waals surface area (Å²) < 4.78 is 0. The smallest absolute Gasteiger partial charge is 0.222 e. The number of nitriles is 1. The molecule has 0 radical (unpaired) electrons. The molecule has 1 atom stereocenters. The minimum absolute atomic E-state index is 0.0440. The number of benzene rings is 2. The highest BCUT2D eigenvalue weighted by molar-refractivity contribution is 5.77. The molecule has 1 fully saturated rings. The first-order chi connectivity index (χ1) is 12.7. The Morgan fingerprint density at radius 3 is 2.31 bits per heavy atom. The van der Waals surface area contributed by atoms with E-state index >= 15 is 0 Å². The van der Waals surface area contributed by atoms with Crippen molar-refractivity contribution in [2.75, 3.05) is 18.0 Å². The fourth-order valence-corrected chi connectivity index (χ4v) is 3.32. The lowest BCUT2D eigenvalue weighted by atomic mass is 9.97. The first-order valence-electron chi connectivity index (χ1n) is 8.98. The number of primary amides is 1. The zero-order chi connectivity index (χ0) is 18.4. The molecule has 0 spiro atoms. The SMILES string of the molecule is N#Cc1ccc(CNCc2ccc(N3CCCC(C(N)=O)C3)cc2)cc1. The summed E-state index contributed by atoms with van der Waals surface area (Å²) in [5, 5.41) is 12.2. The molecule has 0 bridgehead atoms. The number of piperidine rings is 1. The highest BCUT2D eigenvalue weighted by Gasteiger charge is 2.23. The molecule has 1 amide bonds. The third kappa shape index (κ3) is 4.62. The molecule has 1 saturated heterocycles. The van der Waals surface area contributed by atoms with Crippen molar-refractivity contribution >= 4 is 11.6 Å². The van der Waals surface area contributed by atoms with Crippen molar-refractivity contribution in [2.45, 2.75) is 25.9 Å². The summed E-state index contributed by atoms with van der Waals surface area (Å²) in [6, 6.07) is 18.2. The van der Waals surface area contributed by atoms with Crippen LogP contribution in [0.1, 0.15) is 29.5 Å². The molecule has 1 unspecified atom stereocenters. The van der Waals surface area contributed by atoms with E-state index in [1.165, 1.54) is 5.56 Å². The van der Waals surface area contributed by atoms with Gasteiger partial charge in [0.25, 0.3) is 0 Å². The Morgan fingerprint density at radius 1 is 1.12 bits per heavy atom. The molecule has 1 heterocycles. The molecule has 1 aliphatic rings. The Balaban J connectivity index is 1.51. The van der Waals surface area contributed by atoms with E-state index in [4.69, 9.17) is 11.0 Å². The van der Waals surface area contributed by atoms with Crippen LogP contribution in [0.4, 0.5) is 5.69 Å². The number of anilines is 1. The summed E-state index contributed by atoms with van der Waals surface area (Å²) in [4.78, 5) is 13.7. The average Bonchev–Trinajstić information content (AvgIpc) is 2.69. The Bertz CT molecular complexity index is 777. The van der Waals surface area contributed by atoms with Crippen LogP contribution in [0.5, 0.6) is 0 Å². The number of carbonyl (C=O) groups is 1. The van der Waals surface area contributed by atoms with Gasteiger partial charge in [-0.2, -0.15) is 5.26 Å². The number of rotatable bonds is 6. The quantitative estimate of drug-likeness (QED) is 0.840. The van der Waals surface area contributed by atoms with E-state index in [9.17, 15) is 4.79 Å². The predicted molar refractivity (Wildman–Crippen MR) is 102 cm³/mol. The Hall–Kier alpha value is -2.84. The summed E-state index contributed by atoms with van der Waals surface area (Å²) >= 11 is 0. The van der Waals surface area contributed by atoms with E-state index < -0.39 is 0 Å². The molecule has 5 heteroatoms. The number of nitrogens with one attached hydrogen (secondary N) is 1. The number of nitrogens with zero attached hydrogens (tertiary/aromatic N) is 2. The fraction of sp³-hybridized carbons (Fsp3) is 0.333. The standard InChI is InChI=1S/C21H24N4O/c22-12-16-3-5-17(6-4-16)13-24-14-18-7-9-20(10-8-18)25-11-1-2-19(15-25)21(23)26/h3-10,19,24H,1-2,11,13-15H2,(H2,23,26). The Labute approximate surface area is 154 Å².